The minimum atomic E-state index is -1.04. The highest BCUT2D eigenvalue weighted by Crippen LogP contribution is 2.39. The Morgan fingerprint density at radius 2 is 2.28 bits per heavy atom. The van der Waals surface area contributed by atoms with Crippen molar-refractivity contribution in [2.75, 3.05) is 11.9 Å². The number of carbonyl (C=O) groups excluding carboxylic acids is 1. The number of hydrogen-bond acceptors (Lipinski definition) is 6. The van der Waals surface area contributed by atoms with Crippen LogP contribution in [-0.2, 0) is 11.3 Å². The highest BCUT2D eigenvalue weighted by Gasteiger charge is 2.38. The lowest BCUT2D eigenvalue weighted by molar-refractivity contribution is -0.120. The number of aryl methyl sites for hydroxylation is 1. The fraction of sp³-hybridized carbons (Fsp3) is 0.529. The first kappa shape index (κ1) is 16.1. The van der Waals surface area contributed by atoms with Gasteiger partial charge in [-0.1, -0.05) is 11.2 Å². The minimum absolute atomic E-state index is 0.0863. The number of likely N-dealkylation sites (tertiary alicyclic amines) is 1. The maximum Gasteiger partial charge on any atom is 0.322 e. The van der Waals surface area contributed by atoms with Gasteiger partial charge in [-0.15, -0.1) is 5.10 Å². The molecule has 2 aromatic heterocycles. The number of halogens is 1. The predicted octanol–water partition coefficient (Wildman–Crippen LogP) is 2.20. The van der Waals surface area contributed by atoms with E-state index in [0.29, 0.717) is 18.4 Å². The predicted molar refractivity (Wildman–Crippen MR) is 87.6 cm³/mol. The Hall–Kier alpha value is -2.35. The number of rotatable bonds is 5. The summed E-state index contributed by atoms with van der Waals surface area (Å²) < 4.78 is 19.4. The van der Waals surface area contributed by atoms with Crippen molar-refractivity contribution in [2.45, 2.75) is 50.9 Å². The van der Waals surface area contributed by atoms with E-state index in [1.165, 1.54) is 0 Å². The number of pyridine rings is 1. The molecule has 1 aliphatic heterocycles. The summed E-state index contributed by atoms with van der Waals surface area (Å²) in [4.78, 5) is 18.7. The van der Waals surface area contributed by atoms with Gasteiger partial charge in [0.2, 0.25) is 11.8 Å². The van der Waals surface area contributed by atoms with E-state index in [1.54, 1.807) is 6.20 Å². The van der Waals surface area contributed by atoms with E-state index in [-0.39, 0.29) is 24.9 Å². The van der Waals surface area contributed by atoms with Crippen LogP contribution in [0.1, 0.15) is 42.3 Å². The Kier molecular flexibility index (Phi) is 4.20. The molecular weight excluding hydrogens is 325 g/mol. The molecule has 25 heavy (non-hydrogen) atoms. The molecule has 3 heterocycles. The van der Waals surface area contributed by atoms with Crippen molar-refractivity contribution in [3.63, 3.8) is 0 Å². The molecule has 8 heteroatoms. The van der Waals surface area contributed by atoms with Gasteiger partial charge in [0.25, 0.3) is 0 Å². The molecule has 1 amide bonds. The summed E-state index contributed by atoms with van der Waals surface area (Å²) in [5.41, 5.74) is 1.87. The van der Waals surface area contributed by atoms with Gasteiger partial charge in [0.1, 0.15) is 6.17 Å². The lowest BCUT2D eigenvalue weighted by Crippen LogP contribution is -2.39. The van der Waals surface area contributed by atoms with Crippen molar-refractivity contribution in [3.8, 4) is 0 Å². The zero-order valence-electron chi connectivity index (χ0n) is 14.0. The van der Waals surface area contributed by atoms with Crippen LogP contribution in [0, 0.1) is 6.92 Å². The summed E-state index contributed by atoms with van der Waals surface area (Å²) in [6, 6.07) is 3.33. The first-order chi connectivity index (χ1) is 12.1. The lowest BCUT2D eigenvalue weighted by Gasteiger charge is -2.22. The van der Waals surface area contributed by atoms with Crippen LogP contribution >= 0.6 is 0 Å². The first-order valence-electron chi connectivity index (χ1n) is 8.53. The molecule has 2 aliphatic rings. The van der Waals surface area contributed by atoms with Crippen molar-refractivity contribution in [2.24, 2.45) is 0 Å². The van der Waals surface area contributed by atoms with Crippen LogP contribution in [0.2, 0.25) is 0 Å². The Bertz CT molecular complexity index is 776. The summed E-state index contributed by atoms with van der Waals surface area (Å²) >= 11 is 0. The zero-order chi connectivity index (χ0) is 17.4. The number of nitrogens with zero attached hydrogens (tertiary/aromatic N) is 4. The summed E-state index contributed by atoms with van der Waals surface area (Å²) in [5.74, 6) is 0.564. The molecule has 132 valence electrons. The molecule has 0 bridgehead atoms. The smallest absolute Gasteiger partial charge is 0.322 e. The second-order valence-electron chi connectivity index (χ2n) is 6.75. The lowest BCUT2D eigenvalue weighted by atomic mass is 10.1. The molecule has 1 saturated carbocycles. The van der Waals surface area contributed by atoms with Gasteiger partial charge in [-0.2, -0.15) is 0 Å². The van der Waals surface area contributed by atoms with Crippen LogP contribution in [0.3, 0.4) is 0 Å². The van der Waals surface area contributed by atoms with Gasteiger partial charge in [-0.25, -0.2) is 4.39 Å². The average molecular weight is 345 g/mol. The van der Waals surface area contributed by atoms with E-state index in [4.69, 9.17) is 4.42 Å². The Morgan fingerprint density at radius 1 is 1.44 bits per heavy atom. The van der Waals surface area contributed by atoms with Crippen molar-refractivity contribution in [1.29, 1.82) is 0 Å². The van der Waals surface area contributed by atoms with Gasteiger partial charge in [0.05, 0.1) is 11.7 Å². The zero-order valence-corrected chi connectivity index (χ0v) is 14.0. The second-order valence-corrected chi connectivity index (χ2v) is 6.75. The fourth-order valence-electron chi connectivity index (χ4n) is 3.14. The van der Waals surface area contributed by atoms with Gasteiger partial charge in [-0.05, 0) is 31.4 Å². The maximum absolute atomic E-state index is 14.0. The SMILES string of the molecule is Cc1cccnc1CN1C[C@@H](F)C[C@@H]1C(=O)Nc1nnc(C2CC2)o1. The average Bonchev–Trinajstić information content (AvgIpc) is 3.22. The van der Waals surface area contributed by atoms with Crippen molar-refractivity contribution in [1.82, 2.24) is 20.1 Å². The largest absolute Gasteiger partial charge is 0.408 e. The molecule has 2 atom stereocenters. The third-order valence-corrected chi connectivity index (χ3v) is 4.72. The third kappa shape index (κ3) is 3.53. The number of carbonyl (C=O) groups is 1. The topological polar surface area (TPSA) is 84.2 Å². The number of anilines is 1. The molecule has 1 saturated heterocycles. The molecule has 1 aliphatic carbocycles. The van der Waals surface area contributed by atoms with Crippen LogP contribution in [0.4, 0.5) is 10.4 Å². The van der Waals surface area contributed by atoms with E-state index in [0.717, 1.165) is 24.1 Å². The molecule has 7 nitrogen and oxygen atoms in total. The minimum Gasteiger partial charge on any atom is -0.408 e. The number of amides is 1. The maximum atomic E-state index is 14.0. The number of hydrogen-bond donors (Lipinski definition) is 1. The van der Waals surface area contributed by atoms with Crippen molar-refractivity contribution < 1.29 is 13.6 Å². The van der Waals surface area contributed by atoms with Crippen LogP contribution < -0.4 is 5.32 Å². The summed E-state index contributed by atoms with van der Waals surface area (Å²) in [5, 5.41) is 10.4. The van der Waals surface area contributed by atoms with Crippen LogP contribution in [0.25, 0.3) is 0 Å². The highest BCUT2D eigenvalue weighted by molar-refractivity contribution is 5.93. The third-order valence-electron chi connectivity index (χ3n) is 4.72. The standard InChI is InChI=1S/C17H20FN5O2/c1-10-3-2-6-19-13(10)9-23-8-12(18)7-14(23)15(24)20-17-22-21-16(25-17)11-4-5-11/h2-3,6,11-12,14H,4-5,7-9H2,1H3,(H,20,22,24)/t12-,14+/m0/s1. The summed E-state index contributed by atoms with van der Waals surface area (Å²) in [7, 11) is 0. The van der Waals surface area contributed by atoms with E-state index < -0.39 is 12.2 Å². The van der Waals surface area contributed by atoms with Crippen LogP contribution in [-0.4, -0.2) is 44.7 Å². The molecule has 0 unspecified atom stereocenters. The molecular formula is C17H20FN5O2. The molecule has 2 fully saturated rings. The van der Waals surface area contributed by atoms with Crippen LogP contribution in [0.5, 0.6) is 0 Å². The first-order valence-corrected chi connectivity index (χ1v) is 8.53. The van der Waals surface area contributed by atoms with Gasteiger partial charge in [-0.3, -0.25) is 20.0 Å². The van der Waals surface area contributed by atoms with Crippen LogP contribution in [0.15, 0.2) is 22.7 Å². The van der Waals surface area contributed by atoms with Crippen molar-refractivity contribution in [3.05, 3.63) is 35.5 Å². The summed E-state index contributed by atoms with van der Waals surface area (Å²) in [6.07, 6.45) is 2.90. The van der Waals surface area contributed by atoms with Gasteiger partial charge in [0, 0.05) is 31.6 Å². The quantitative estimate of drug-likeness (QED) is 0.894. The Balaban J connectivity index is 1.44. The molecule has 4 rings (SSSR count). The molecule has 2 aromatic rings. The number of aromatic nitrogens is 3. The molecule has 0 spiro atoms. The van der Waals surface area contributed by atoms with E-state index in [1.807, 2.05) is 24.0 Å². The van der Waals surface area contributed by atoms with Gasteiger partial charge in [0.15, 0.2) is 0 Å². The molecule has 1 N–H and O–H groups in total. The van der Waals surface area contributed by atoms with E-state index in [2.05, 4.69) is 20.5 Å². The number of alkyl halides is 1. The van der Waals surface area contributed by atoms with Crippen molar-refractivity contribution >= 4 is 11.9 Å². The molecule has 0 radical (unpaired) electrons. The van der Waals surface area contributed by atoms with Gasteiger partial charge < -0.3 is 4.42 Å². The molecule has 0 aromatic carbocycles. The van der Waals surface area contributed by atoms with E-state index in [9.17, 15) is 9.18 Å². The Morgan fingerprint density at radius 3 is 3.04 bits per heavy atom. The Labute approximate surface area is 144 Å². The fourth-order valence-corrected chi connectivity index (χ4v) is 3.14. The second kappa shape index (κ2) is 6.51. The summed E-state index contributed by atoms with van der Waals surface area (Å²) in [6.45, 7) is 2.60. The number of nitrogens with one attached hydrogen (secondary N) is 1. The normalized spacial score (nSPS) is 23.8. The highest BCUT2D eigenvalue weighted by atomic mass is 19.1. The monoisotopic (exact) mass is 345 g/mol. The van der Waals surface area contributed by atoms with E-state index >= 15 is 0 Å². The van der Waals surface area contributed by atoms with Gasteiger partial charge >= 0.3 is 6.01 Å².